The van der Waals surface area contributed by atoms with Crippen molar-refractivity contribution in [3.8, 4) is 0 Å². The summed E-state index contributed by atoms with van der Waals surface area (Å²) in [6.45, 7) is 1.29. The molecule has 2 rings (SSSR count). The average Bonchev–Trinajstić information content (AvgIpc) is 3.04. The number of nitrogens with zero attached hydrogens (tertiary/aromatic N) is 2. The van der Waals surface area contributed by atoms with E-state index in [9.17, 15) is 28.8 Å². The Labute approximate surface area is 147 Å². The van der Waals surface area contributed by atoms with Crippen LogP contribution in [-0.2, 0) is 38.3 Å². The highest BCUT2D eigenvalue weighted by molar-refractivity contribution is 6.12. The molecule has 11 heteroatoms. The third-order valence-corrected chi connectivity index (χ3v) is 3.39. The van der Waals surface area contributed by atoms with E-state index in [-0.39, 0.29) is 32.2 Å². The Morgan fingerprint density at radius 1 is 1.04 bits per heavy atom. The van der Waals surface area contributed by atoms with Gasteiger partial charge in [-0.15, -0.1) is 0 Å². The van der Waals surface area contributed by atoms with Crippen LogP contribution in [0.25, 0.3) is 0 Å². The number of esters is 1. The van der Waals surface area contributed by atoms with Gasteiger partial charge in [0.25, 0.3) is 23.6 Å². The molecule has 0 aliphatic carbocycles. The fourth-order valence-corrected chi connectivity index (χ4v) is 2.19. The van der Waals surface area contributed by atoms with E-state index in [0.29, 0.717) is 5.06 Å². The monoisotopic (exact) mass is 368 g/mol. The van der Waals surface area contributed by atoms with Gasteiger partial charge >= 0.3 is 12.1 Å². The lowest BCUT2D eigenvalue weighted by Crippen LogP contribution is -2.34. The Hall–Kier alpha value is -3.24. The summed E-state index contributed by atoms with van der Waals surface area (Å²) in [5, 5.41) is 0.301. The summed E-state index contributed by atoms with van der Waals surface area (Å²) in [4.78, 5) is 73.8. The predicted molar refractivity (Wildman–Crippen MR) is 79.3 cm³/mol. The number of rotatable bonds is 7. The molecule has 1 atom stereocenters. The summed E-state index contributed by atoms with van der Waals surface area (Å²) in [6.07, 6.45) is -0.486. The molecule has 0 spiro atoms. The molecule has 140 valence electrons. The fraction of sp³-hybridized carbons (Fsp3) is 0.467. The molecule has 0 N–H and O–H groups in total. The maximum Gasteiger partial charge on any atom is 0.537 e. The van der Waals surface area contributed by atoms with Gasteiger partial charge in [-0.1, -0.05) is 5.06 Å². The van der Waals surface area contributed by atoms with Crippen LogP contribution in [0, 0.1) is 0 Å². The minimum atomic E-state index is -1.37. The van der Waals surface area contributed by atoms with Crippen molar-refractivity contribution in [2.75, 3.05) is 6.54 Å². The van der Waals surface area contributed by atoms with Crippen LogP contribution in [0.5, 0.6) is 0 Å². The zero-order chi connectivity index (χ0) is 19.3. The second-order valence-electron chi connectivity index (χ2n) is 5.36. The Morgan fingerprint density at radius 2 is 1.62 bits per heavy atom. The molecule has 26 heavy (non-hydrogen) atoms. The van der Waals surface area contributed by atoms with E-state index >= 15 is 0 Å². The van der Waals surface area contributed by atoms with Crippen LogP contribution in [0.4, 0.5) is 4.79 Å². The van der Waals surface area contributed by atoms with Crippen molar-refractivity contribution in [1.82, 2.24) is 9.96 Å². The van der Waals surface area contributed by atoms with Gasteiger partial charge in [-0.25, -0.2) is 4.79 Å². The summed E-state index contributed by atoms with van der Waals surface area (Å²) < 4.78 is 9.42. The van der Waals surface area contributed by atoms with Crippen LogP contribution in [0.1, 0.15) is 32.6 Å². The number of ether oxygens (including phenoxy) is 2. The van der Waals surface area contributed by atoms with Gasteiger partial charge in [0.15, 0.2) is 0 Å². The van der Waals surface area contributed by atoms with Crippen LogP contribution >= 0.6 is 0 Å². The van der Waals surface area contributed by atoms with Crippen LogP contribution < -0.4 is 0 Å². The van der Waals surface area contributed by atoms with Crippen molar-refractivity contribution >= 4 is 35.8 Å². The Morgan fingerprint density at radius 3 is 2.19 bits per heavy atom. The number of hydroxylamine groups is 2. The van der Waals surface area contributed by atoms with Crippen molar-refractivity contribution in [1.29, 1.82) is 0 Å². The number of hydrogen-bond acceptors (Lipinski definition) is 9. The van der Waals surface area contributed by atoms with Crippen molar-refractivity contribution in [3.63, 3.8) is 0 Å². The number of carbonyl (C=O) groups is 6. The first-order valence-electron chi connectivity index (χ1n) is 7.75. The third kappa shape index (κ3) is 4.88. The fourth-order valence-electron chi connectivity index (χ4n) is 2.19. The SMILES string of the molecule is CC(OC(=O)CCCN1C(=O)C=CC1=O)OC(=O)ON1C(=O)CCC1=O. The van der Waals surface area contributed by atoms with Gasteiger partial charge in [-0.3, -0.25) is 33.7 Å². The normalized spacial score (nSPS) is 17.7. The highest BCUT2D eigenvalue weighted by Crippen LogP contribution is 2.13. The van der Waals surface area contributed by atoms with Crippen molar-refractivity contribution in [2.45, 2.75) is 38.9 Å². The van der Waals surface area contributed by atoms with Crippen molar-refractivity contribution < 1.29 is 43.1 Å². The Balaban J connectivity index is 1.66. The largest absolute Gasteiger partial charge is 0.537 e. The Bertz CT molecular complexity index is 651. The van der Waals surface area contributed by atoms with Gasteiger partial charge < -0.3 is 9.47 Å². The highest BCUT2D eigenvalue weighted by Gasteiger charge is 2.34. The maximum absolute atomic E-state index is 11.6. The smallest absolute Gasteiger partial charge is 0.425 e. The molecule has 2 heterocycles. The summed E-state index contributed by atoms with van der Waals surface area (Å²) in [7, 11) is 0. The first-order valence-corrected chi connectivity index (χ1v) is 7.75. The molecule has 0 aromatic heterocycles. The lowest BCUT2D eigenvalue weighted by molar-refractivity contribution is -0.191. The average molecular weight is 368 g/mol. The van der Waals surface area contributed by atoms with Crippen LogP contribution in [0.15, 0.2) is 12.2 Å². The molecule has 0 radical (unpaired) electrons. The van der Waals surface area contributed by atoms with E-state index in [2.05, 4.69) is 9.57 Å². The first-order chi connectivity index (χ1) is 12.3. The first kappa shape index (κ1) is 19.1. The van der Waals surface area contributed by atoms with E-state index in [4.69, 9.17) is 4.74 Å². The lowest BCUT2D eigenvalue weighted by atomic mass is 10.3. The zero-order valence-electron chi connectivity index (χ0n) is 13.8. The predicted octanol–water partition coefficient (Wildman–Crippen LogP) is -0.202. The second-order valence-corrected chi connectivity index (χ2v) is 5.36. The molecular formula is C15H16N2O9. The van der Waals surface area contributed by atoms with Gasteiger partial charge in [0, 0.05) is 44.9 Å². The Kier molecular flexibility index (Phi) is 6.04. The molecule has 4 amide bonds. The van der Waals surface area contributed by atoms with E-state index in [1.54, 1.807) is 0 Å². The van der Waals surface area contributed by atoms with Crippen LogP contribution in [-0.4, -0.2) is 58.6 Å². The molecule has 1 unspecified atom stereocenters. The van der Waals surface area contributed by atoms with Gasteiger partial charge in [-0.05, 0) is 6.42 Å². The summed E-state index contributed by atoms with van der Waals surface area (Å²) in [5.74, 6) is -2.97. The van der Waals surface area contributed by atoms with Gasteiger partial charge in [0.1, 0.15) is 0 Å². The molecular weight excluding hydrogens is 352 g/mol. The minimum absolute atomic E-state index is 0.0518. The standard InChI is InChI=1S/C15H16N2O9/c1-9(25-15(23)26-17-12(20)6-7-13(17)21)24-14(22)3-2-8-16-10(18)4-5-11(16)19/h4-5,9H,2-3,6-8H2,1H3. The topological polar surface area (TPSA) is 137 Å². The quantitative estimate of drug-likeness (QED) is 0.340. The zero-order valence-corrected chi connectivity index (χ0v) is 13.8. The summed E-state index contributed by atoms with van der Waals surface area (Å²) >= 11 is 0. The molecule has 0 saturated carbocycles. The molecule has 1 fully saturated rings. The van der Waals surface area contributed by atoms with Crippen molar-refractivity contribution in [3.05, 3.63) is 12.2 Å². The van der Waals surface area contributed by atoms with Crippen molar-refractivity contribution in [2.24, 2.45) is 0 Å². The van der Waals surface area contributed by atoms with E-state index in [0.717, 1.165) is 17.1 Å². The molecule has 2 aliphatic heterocycles. The third-order valence-electron chi connectivity index (χ3n) is 3.39. The van der Waals surface area contributed by atoms with Crippen LogP contribution in [0.2, 0.25) is 0 Å². The number of amides is 4. The summed E-state index contributed by atoms with van der Waals surface area (Å²) in [6, 6.07) is 0. The van der Waals surface area contributed by atoms with Crippen LogP contribution in [0.3, 0.4) is 0 Å². The van der Waals surface area contributed by atoms with Gasteiger partial charge in [0.05, 0.1) is 0 Å². The summed E-state index contributed by atoms with van der Waals surface area (Å²) in [5.41, 5.74) is 0. The van der Waals surface area contributed by atoms with E-state index in [1.807, 2.05) is 0 Å². The highest BCUT2D eigenvalue weighted by atomic mass is 16.9. The molecule has 0 aromatic carbocycles. The second kappa shape index (κ2) is 8.23. The van der Waals surface area contributed by atoms with Gasteiger partial charge in [-0.2, -0.15) is 0 Å². The van der Waals surface area contributed by atoms with Gasteiger partial charge in [0.2, 0.25) is 6.29 Å². The molecule has 2 aliphatic rings. The molecule has 11 nitrogen and oxygen atoms in total. The molecule has 0 aromatic rings. The molecule has 0 bridgehead atoms. The maximum atomic E-state index is 11.6. The van der Waals surface area contributed by atoms with E-state index in [1.165, 1.54) is 6.92 Å². The van der Waals surface area contributed by atoms with E-state index < -0.39 is 42.0 Å². The number of carbonyl (C=O) groups excluding carboxylic acids is 6. The number of hydrogen-bond donors (Lipinski definition) is 0. The number of imide groups is 2. The lowest BCUT2D eigenvalue weighted by Gasteiger charge is -2.17. The minimum Gasteiger partial charge on any atom is -0.425 e. The molecule has 1 saturated heterocycles.